The van der Waals surface area contributed by atoms with Crippen LogP contribution in [0.3, 0.4) is 0 Å². The minimum absolute atomic E-state index is 0.131. The first-order valence-electron chi connectivity index (χ1n) is 13.6. The molecular weight excluding hydrogens is 510 g/mol. The fourth-order valence-electron chi connectivity index (χ4n) is 5.11. The number of aromatic hydroxyl groups is 1. The number of benzene rings is 5. The van der Waals surface area contributed by atoms with Crippen molar-refractivity contribution in [2.45, 2.75) is 24.6 Å². The molecule has 5 heteroatoms. The number of carbonyl (C=O) groups excluding carboxylic acids is 1. The van der Waals surface area contributed by atoms with Gasteiger partial charge in [0.25, 0.3) is 0 Å². The third-order valence-electron chi connectivity index (χ3n) is 7.21. The Hall–Kier alpha value is -4.87. The van der Waals surface area contributed by atoms with E-state index in [1.807, 2.05) is 91.0 Å². The first-order chi connectivity index (χ1) is 20.1. The maximum absolute atomic E-state index is 13.9. The number of phenolic OH excluding ortho intramolecular Hbond substituents is 1. The molecule has 5 nitrogen and oxygen atoms in total. The largest absolute Gasteiger partial charge is 0.508 e. The third-order valence-corrected chi connectivity index (χ3v) is 7.21. The van der Waals surface area contributed by atoms with Crippen LogP contribution in [0, 0.1) is 0 Å². The lowest BCUT2D eigenvalue weighted by molar-refractivity contribution is -0.148. The number of esters is 1. The first-order valence-corrected chi connectivity index (χ1v) is 13.6. The van der Waals surface area contributed by atoms with Crippen molar-refractivity contribution in [2.24, 2.45) is 0 Å². The van der Waals surface area contributed by atoms with Crippen LogP contribution in [0.15, 0.2) is 140 Å². The highest BCUT2D eigenvalue weighted by Gasteiger charge is 2.40. The van der Waals surface area contributed by atoms with Crippen LogP contribution in [0.5, 0.6) is 11.5 Å². The van der Waals surface area contributed by atoms with Crippen LogP contribution in [0.2, 0.25) is 0 Å². The van der Waals surface area contributed by atoms with Gasteiger partial charge in [-0.3, -0.25) is 10.1 Å². The van der Waals surface area contributed by atoms with Gasteiger partial charge in [-0.25, -0.2) is 0 Å². The van der Waals surface area contributed by atoms with Crippen molar-refractivity contribution < 1.29 is 19.4 Å². The van der Waals surface area contributed by atoms with Crippen molar-refractivity contribution in [2.75, 3.05) is 7.11 Å². The summed E-state index contributed by atoms with van der Waals surface area (Å²) in [4.78, 5) is 13.9. The van der Waals surface area contributed by atoms with Gasteiger partial charge >= 0.3 is 5.97 Å². The number of methoxy groups -OCH3 is 1. The summed E-state index contributed by atoms with van der Waals surface area (Å²) in [5.74, 6) is 0.541. The summed E-state index contributed by atoms with van der Waals surface area (Å²) in [6, 6.07) is 44.1. The van der Waals surface area contributed by atoms with Crippen molar-refractivity contribution >= 4 is 5.97 Å². The number of carbonyl (C=O) groups is 1. The van der Waals surface area contributed by atoms with Crippen LogP contribution in [-0.4, -0.2) is 24.2 Å². The number of rotatable bonds is 11. The van der Waals surface area contributed by atoms with E-state index in [4.69, 9.17) is 9.47 Å². The molecule has 0 fully saturated rings. The van der Waals surface area contributed by atoms with E-state index >= 15 is 0 Å². The van der Waals surface area contributed by atoms with Gasteiger partial charge in [-0.1, -0.05) is 115 Å². The van der Waals surface area contributed by atoms with Gasteiger partial charge < -0.3 is 14.6 Å². The summed E-state index contributed by atoms with van der Waals surface area (Å²) in [7, 11) is 1.62. The van der Waals surface area contributed by atoms with Gasteiger partial charge in [0.1, 0.15) is 24.1 Å². The molecule has 0 spiro atoms. The Morgan fingerprint density at radius 2 is 1.15 bits per heavy atom. The highest BCUT2D eigenvalue weighted by atomic mass is 16.5. The molecule has 41 heavy (non-hydrogen) atoms. The fourth-order valence-corrected chi connectivity index (χ4v) is 5.11. The summed E-state index contributed by atoms with van der Waals surface area (Å²) in [5, 5.41) is 13.6. The number of nitrogens with one attached hydrogen (secondary N) is 1. The topological polar surface area (TPSA) is 67.8 Å². The second kappa shape index (κ2) is 13.0. The van der Waals surface area contributed by atoms with E-state index in [0.29, 0.717) is 6.42 Å². The molecule has 206 valence electrons. The first kappa shape index (κ1) is 27.7. The van der Waals surface area contributed by atoms with Crippen molar-refractivity contribution in [3.05, 3.63) is 167 Å². The van der Waals surface area contributed by atoms with Crippen LogP contribution >= 0.6 is 0 Å². The average molecular weight is 544 g/mol. The van der Waals surface area contributed by atoms with Gasteiger partial charge in [0.2, 0.25) is 0 Å². The number of phenols is 1. The molecule has 5 aromatic rings. The van der Waals surface area contributed by atoms with E-state index < -0.39 is 11.6 Å². The molecule has 0 aliphatic heterocycles. The summed E-state index contributed by atoms with van der Waals surface area (Å²) in [6.07, 6.45) is 0.357. The summed E-state index contributed by atoms with van der Waals surface area (Å²) < 4.78 is 11.2. The highest BCUT2D eigenvalue weighted by molar-refractivity contribution is 5.77. The van der Waals surface area contributed by atoms with E-state index in [1.165, 1.54) is 0 Å². The second-order valence-electron chi connectivity index (χ2n) is 9.87. The van der Waals surface area contributed by atoms with Crippen LogP contribution in [0.25, 0.3) is 0 Å². The van der Waals surface area contributed by atoms with E-state index in [2.05, 4.69) is 41.7 Å². The zero-order valence-corrected chi connectivity index (χ0v) is 22.9. The molecule has 0 amide bonds. The number of hydrogen-bond acceptors (Lipinski definition) is 5. The molecule has 1 atom stereocenters. The second-order valence-corrected chi connectivity index (χ2v) is 9.87. The Kier molecular flexibility index (Phi) is 8.77. The average Bonchev–Trinajstić information content (AvgIpc) is 3.04. The Balaban J connectivity index is 1.57. The van der Waals surface area contributed by atoms with Crippen molar-refractivity contribution in [3.8, 4) is 11.5 Å². The number of hydrogen-bond donors (Lipinski definition) is 2. The molecule has 2 N–H and O–H groups in total. The van der Waals surface area contributed by atoms with Gasteiger partial charge in [-0.2, -0.15) is 0 Å². The quantitative estimate of drug-likeness (QED) is 0.144. The summed E-state index contributed by atoms with van der Waals surface area (Å²) in [6.45, 7) is 0.131. The molecule has 0 aliphatic rings. The summed E-state index contributed by atoms with van der Waals surface area (Å²) in [5.41, 5.74) is 3.89. The van der Waals surface area contributed by atoms with Gasteiger partial charge in [-0.05, 0) is 58.5 Å². The molecule has 0 bridgehead atoms. The van der Waals surface area contributed by atoms with E-state index in [9.17, 15) is 9.90 Å². The van der Waals surface area contributed by atoms with Gasteiger partial charge in [0, 0.05) is 0 Å². The number of ether oxygens (including phenoxy) is 2. The maximum Gasteiger partial charge on any atom is 0.323 e. The monoisotopic (exact) mass is 543 g/mol. The Labute approximate surface area is 241 Å². The lowest BCUT2D eigenvalue weighted by Gasteiger charge is -2.39. The molecule has 0 radical (unpaired) electrons. The zero-order chi connectivity index (χ0) is 28.5. The minimum atomic E-state index is -0.857. The predicted octanol–water partition coefficient (Wildman–Crippen LogP) is 6.64. The van der Waals surface area contributed by atoms with E-state index in [0.717, 1.165) is 33.6 Å². The molecule has 0 unspecified atom stereocenters. The van der Waals surface area contributed by atoms with E-state index in [-0.39, 0.29) is 18.3 Å². The van der Waals surface area contributed by atoms with E-state index in [1.54, 1.807) is 19.2 Å². The van der Waals surface area contributed by atoms with Gasteiger partial charge in [0.05, 0.1) is 12.6 Å². The lowest BCUT2D eigenvalue weighted by Crippen LogP contribution is -2.53. The highest BCUT2D eigenvalue weighted by Crippen LogP contribution is 2.37. The molecule has 0 aromatic heterocycles. The molecule has 0 saturated carbocycles. The van der Waals surface area contributed by atoms with Crippen LogP contribution in [0.4, 0.5) is 0 Å². The smallest absolute Gasteiger partial charge is 0.323 e. The van der Waals surface area contributed by atoms with Crippen LogP contribution < -0.4 is 10.1 Å². The van der Waals surface area contributed by atoms with Crippen LogP contribution in [-0.2, 0) is 28.1 Å². The van der Waals surface area contributed by atoms with Crippen LogP contribution in [0.1, 0.15) is 27.8 Å². The Morgan fingerprint density at radius 1 is 0.683 bits per heavy atom. The maximum atomic E-state index is 13.9. The normalized spacial score (nSPS) is 11.9. The lowest BCUT2D eigenvalue weighted by atomic mass is 9.76. The Morgan fingerprint density at radius 3 is 1.61 bits per heavy atom. The van der Waals surface area contributed by atoms with Crippen molar-refractivity contribution in [3.63, 3.8) is 0 Å². The SMILES string of the molecule is COc1ccc(COC(=O)[C@@H](Cc2ccc(O)cc2)NC(c2ccccc2)(c2ccccc2)c2ccccc2)cc1. The standard InChI is InChI=1S/C36H33NO4/c1-40-33-23-19-28(20-24-33)26-41-35(39)34(25-27-17-21-32(38)22-18-27)37-36(29-11-5-2-6-12-29,30-13-7-3-8-14-30)31-15-9-4-10-16-31/h2-24,34,37-38H,25-26H2,1H3/t34-/m1/s1. The molecule has 0 saturated heterocycles. The van der Waals surface area contributed by atoms with Crippen molar-refractivity contribution in [1.82, 2.24) is 5.32 Å². The predicted molar refractivity (Wildman–Crippen MR) is 161 cm³/mol. The Bertz CT molecular complexity index is 1420. The third kappa shape index (κ3) is 6.48. The molecule has 5 aromatic carbocycles. The van der Waals surface area contributed by atoms with Gasteiger partial charge in [0.15, 0.2) is 0 Å². The summed E-state index contributed by atoms with van der Waals surface area (Å²) >= 11 is 0. The fraction of sp³-hybridized carbons (Fsp3) is 0.139. The molecule has 0 aliphatic carbocycles. The zero-order valence-electron chi connectivity index (χ0n) is 22.9. The molecule has 0 heterocycles. The minimum Gasteiger partial charge on any atom is -0.508 e. The van der Waals surface area contributed by atoms with Crippen molar-refractivity contribution in [1.29, 1.82) is 0 Å². The molecular formula is C36H33NO4. The van der Waals surface area contributed by atoms with Gasteiger partial charge in [-0.15, -0.1) is 0 Å². The molecule has 5 rings (SSSR count).